The number of thioether (sulfide) groups is 1. The fourth-order valence-electron chi connectivity index (χ4n) is 2.60. The van der Waals surface area contributed by atoms with Gasteiger partial charge in [0.05, 0.1) is 11.4 Å². The zero-order valence-corrected chi connectivity index (χ0v) is 17.0. The molecule has 0 radical (unpaired) electrons. The van der Waals surface area contributed by atoms with Crippen LogP contribution in [0.25, 0.3) is 11.4 Å². The van der Waals surface area contributed by atoms with E-state index in [-0.39, 0.29) is 23.4 Å². The molecule has 142 valence electrons. The SMILES string of the molecule is CCc1cc(-c2nnc(SCC(=O)Nc3ccccc3F)n2C(C)C)cs1. The molecule has 2 heterocycles. The second kappa shape index (κ2) is 8.67. The topological polar surface area (TPSA) is 59.8 Å². The van der Waals surface area contributed by atoms with Crippen LogP contribution in [0.5, 0.6) is 0 Å². The van der Waals surface area contributed by atoms with Crippen molar-refractivity contribution in [3.63, 3.8) is 0 Å². The lowest BCUT2D eigenvalue weighted by Crippen LogP contribution is -2.15. The van der Waals surface area contributed by atoms with Crippen molar-refractivity contribution in [2.75, 3.05) is 11.1 Å². The van der Waals surface area contributed by atoms with Crippen LogP contribution in [-0.2, 0) is 11.2 Å². The number of hydrogen-bond donors (Lipinski definition) is 1. The van der Waals surface area contributed by atoms with Gasteiger partial charge in [0.15, 0.2) is 11.0 Å². The summed E-state index contributed by atoms with van der Waals surface area (Å²) in [6.07, 6.45) is 0.984. The van der Waals surface area contributed by atoms with Crippen LogP contribution in [0.3, 0.4) is 0 Å². The highest BCUT2D eigenvalue weighted by Crippen LogP contribution is 2.30. The molecule has 5 nitrogen and oxygen atoms in total. The second-order valence-electron chi connectivity index (χ2n) is 6.24. The molecule has 0 aliphatic carbocycles. The fraction of sp³-hybridized carbons (Fsp3) is 0.316. The Kier molecular flexibility index (Phi) is 6.28. The van der Waals surface area contributed by atoms with Crippen molar-refractivity contribution >= 4 is 34.7 Å². The molecule has 0 bridgehead atoms. The number of halogens is 1. The fourth-order valence-corrected chi connectivity index (χ4v) is 4.28. The summed E-state index contributed by atoms with van der Waals surface area (Å²) in [6.45, 7) is 6.24. The number of carbonyl (C=O) groups excluding carboxylic acids is 1. The molecular formula is C19H21FN4OS2. The first kappa shape index (κ1) is 19.6. The Morgan fingerprint density at radius 3 is 2.78 bits per heavy atom. The van der Waals surface area contributed by atoms with E-state index in [1.54, 1.807) is 23.5 Å². The highest BCUT2D eigenvalue weighted by Gasteiger charge is 2.19. The summed E-state index contributed by atoms with van der Waals surface area (Å²) in [6, 6.07) is 8.40. The summed E-state index contributed by atoms with van der Waals surface area (Å²) in [5, 5.41) is 14.0. The van der Waals surface area contributed by atoms with Gasteiger partial charge in [-0.1, -0.05) is 30.8 Å². The van der Waals surface area contributed by atoms with Crippen LogP contribution in [0.4, 0.5) is 10.1 Å². The van der Waals surface area contributed by atoms with Crippen LogP contribution in [0, 0.1) is 5.82 Å². The standard InChI is InChI=1S/C19H21FN4OS2/c1-4-14-9-13(10-26-14)18-22-23-19(24(18)12(2)3)27-11-17(25)21-16-8-6-5-7-15(16)20/h5-10,12H,4,11H2,1-3H3,(H,21,25). The van der Waals surface area contributed by atoms with Crippen LogP contribution in [-0.4, -0.2) is 26.4 Å². The van der Waals surface area contributed by atoms with Gasteiger partial charge in [-0.05, 0) is 38.5 Å². The molecule has 0 fully saturated rings. The normalized spacial score (nSPS) is 11.1. The van der Waals surface area contributed by atoms with Gasteiger partial charge in [0.2, 0.25) is 5.91 Å². The molecule has 0 aliphatic heterocycles. The molecule has 0 unspecified atom stereocenters. The number of nitrogens with one attached hydrogen (secondary N) is 1. The number of thiophene rings is 1. The quantitative estimate of drug-likeness (QED) is 0.562. The molecular weight excluding hydrogens is 383 g/mol. The van der Waals surface area contributed by atoms with E-state index >= 15 is 0 Å². The average Bonchev–Trinajstić information content (AvgIpc) is 3.28. The summed E-state index contributed by atoms with van der Waals surface area (Å²) in [5.41, 5.74) is 1.22. The van der Waals surface area contributed by atoms with Gasteiger partial charge in [-0.15, -0.1) is 21.5 Å². The molecule has 0 saturated heterocycles. The Morgan fingerprint density at radius 1 is 1.33 bits per heavy atom. The predicted molar refractivity (Wildman–Crippen MR) is 109 cm³/mol. The molecule has 3 aromatic rings. The number of amides is 1. The zero-order chi connectivity index (χ0) is 19.4. The van der Waals surface area contributed by atoms with Gasteiger partial charge in [0.25, 0.3) is 0 Å². The van der Waals surface area contributed by atoms with Gasteiger partial charge < -0.3 is 5.32 Å². The van der Waals surface area contributed by atoms with Gasteiger partial charge >= 0.3 is 0 Å². The van der Waals surface area contributed by atoms with Crippen molar-refractivity contribution in [3.05, 3.63) is 46.4 Å². The smallest absolute Gasteiger partial charge is 0.234 e. The molecule has 3 rings (SSSR count). The average molecular weight is 405 g/mol. The van der Waals surface area contributed by atoms with E-state index < -0.39 is 5.82 Å². The minimum atomic E-state index is -0.451. The van der Waals surface area contributed by atoms with E-state index in [1.807, 2.05) is 4.57 Å². The largest absolute Gasteiger partial charge is 0.323 e. The minimum Gasteiger partial charge on any atom is -0.323 e. The van der Waals surface area contributed by atoms with Crippen molar-refractivity contribution in [2.45, 2.75) is 38.4 Å². The third-order valence-electron chi connectivity index (χ3n) is 3.92. The molecule has 0 saturated carbocycles. The molecule has 0 aliphatic rings. The number of carbonyl (C=O) groups is 1. The number of para-hydroxylation sites is 1. The maximum Gasteiger partial charge on any atom is 0.234 e. The summed E-state index contributed by atoms with van der Waals surface area (Å²) < 4.78 is 15.7. The highest BCUT2D eigenvalue weighted by atomic mass is 32.2. The number of aryl methyl sites for hydroxylation is 1. The van der Waals surface area contributed by atoms with E-state index in [1.165, 1.54) is 28.8 Å². The van der Waals surface area contributed by atoms with Gasteiger partial charge in [0, 0.05) is 21.9 Å². The Morgan fingerprint density at radius 2 is 2.11 bits per heavy atom. The lowest BCUT2D eigenvalue weighted by atomic mass is 10.2. The van der Waals surface area contributed by atoms with Crippen molar-refractivity contribution in [2.24, 2.45) is 0 Å². The van der Waals surface area contributed by atoms with E-state index in [9.17, 15) is 9.18 Å². The van der Waals surface area contributed by atoms with E-state index in [2.05, 4.69) is 47.7 Å². The van der Waals surface area contributed by atoms with Gasteiger partial charge in [-0.2, -0.15) is 0 Å². The van der Waals surface area contributed by atoms with Crippen LogP contribution in [0.15, 0.2) is 40.9 Å². The second-order valence-corrected chi connectivity index (χ2v) is 8.18. The van der Waals surface area contributed by atoms with Crippen molar-refractivity contribution in [1.29, 1.82) is 0 Å². The van der Waals surface area contributed by atoms with Gasteiger partial charge in [-0.3, -0.25) is 9.36 Å². The monoisotopic (exact) mass is 404 g/mol. The Bertz CT molecular complexity index is 935. The molecule has 27 heavy (non-hydrogen) atoms. The number of benzene rings is 1. The molecule has 2 aromatic heterocycles. The predicted octanol–water partition coefficient (Wildman–Crippen LogP) is 5.02. The summed E-state index contributed by atoms with van der Waals surface area (Å²) in [5.74, 6) is 0.197. The Balaban J connectivity index is 1.73. The van der Waals surface area contributed by atoms with E-state index in [0.717, 1.165) is 17.8 Å². The van der Waals surface area contributed by atoms with E-state index in [4.69, 9.17) is 0 Å². The lowest BCUT2D eigenvalue weighted by molar-refractivity contribution is -0.113. The maximum atomic E-state index is 13.7. The number of hydrogen-bond acceptors (Lipinski definition) is 5. The van der Waals surface area contributed by atoms with Crippen LogP contribution in [0.2, 0.25) is 0 Å². The third-order valence-corrected chi connectivity index (χ3v) is 5.95. The summed E-state index contributed by atoms with van der Waals surface area (Å²) >= 11 is 3.00. The lowest BCUT2D eigenvalue weighted by Gasteiger charge is -2.13. The highest BCUT2D eigenvalue weighted by molar-refractivity contribution is 7.99. The molecule has 0 atom stereocenters. The maximum absolute atomic E-state index is 13.7. The number of rotatable bonds is 7. The van der Waals surface area contributed by atoms with Gasteiger partial charge in [-0.25, -0.2) is 4.39 Å². The zero-order valence-electron chi connectivity index (χ0n) is 15.4. The first-order valence-electron chi connectivity index (χ1n) is 8.69. The van der Waals surface area contributed by atoms with Crippen LogP contribution >= 0.6 is 23.1 Å². The minimum absolute atomic E-state index is 0.128. The van der Waals surface area contributed by atoms with Gasteiger partial charge in [0.1, 0.15) is 5.82 Å². The number of nitrogens with zero attached hydrogens (tertiary/aromatic N) is 3. The van der Waals surface area contributed by atoms with Crippen molar-refractivity contribution in [3.8, 4) is 11.4 Å². The first-order chi connectivity index (χ1) is 13.0. The van der Waals surface area contributed by atoms with E-state index in [0.29, 0.717) is 5.16 Å². The molecule has 1 N–H and O–H groups in total. The first-order valence-corrected chi connectivity index (χ1v) is 10.6. The number of anilines is 1. The molecule has 8 heteroatoms. The Labute approximate surface area is 166 Å². The molecule has 1 aromatic carbocycles. The Hall–Kier alpha value is -2.19. The van der Waals surface area contributed by atoms with Crippen molar-refractivity contribution < 1.29 is 9.18 Å². The number of aromatic nitrogens is 3. The van der Waals surface area contributed by atoms with Crippen LogP contribution in [0.1, 0.15) is 31.7 Å². The summed E-state index contributed by atoms with van der Waals surface area (Å²) in [4.78, 5) is 13.5. The van der Waals surface area contributed by atoms with Crippen molar-refractivity contribution in [1.82, 2.24) is 14.8 Å². The summed E-state index contributed by atoms with van der Waals surface area (Å²) in [7, 11) is 0. The third kappa shape index (κ3) is 4.56. The molecule has 0 spiro atoms. The van der Waals surface area contributed by atoms with Crippen LogP contribution < -0.4 is 5.32 Å². The molecule has 1 amide bonds.